The summed E-state index contributed by atoms with van der Waals surface area (Å²) in [6.45, 7) is -0.529. The van der Waals surface area contributed by atoms with E-state index in [1.54, 1.807) is 0 Å². The molecule has 6 nitrogen and oxygen atoms in total. The molecule has 1 aliphatic rings. The van der Waals surface area contributed by atoms with Gasteiger partial charge in [0, 0.05) is 24.5 Å². The highest BCUT2D eigenvalue weighted by atomic mass is 19.1. The molecular weight excluding hydrogens is 277 g/mol. The third-order valence-electron chi connectivity index (χ3n) is 3.80. The van der Waals surface area contributed by atoms with E-state index in [0.717, 1.165) is 0 Å². The smallest absolute Gasteiger partial charge is 0.179 e. The lowest BCUT2D eigenvalue weighted by Gasteiger charge is -2.23. The van der Waals surface area contributed by atoms with Crippen molar-refractivity contribution in [3.8, 4) is 12.3 Å². The summed E-state index contributed by atoms with van der Waals surface area (Å²) < 4.78 is 21.0. The lowest BCUT2D eigenvalue weighted by molar-refractivity contribution is -0.0891. The van der Waals surface area contributed by atoms with E-state index in [9.17, 15) is 14.6 Å². The van der Waals surface area contributed by atoms with Crippen molar-refractivity contribution in [3.63, 3.8) is 0 Å². The molecule has 3 rings (SSSR count). The third kappa shape index (κ3) is 1.88. The standard InChI is InChI=1S/C14H14FN3O3/c1-2-14(7-19)10(20)5-11(21-14)18-6-8(15)12-9(16)3-4-17-13(12)18/h1,3-4,6,10-11,19-20H,5,7H2,(H2,16,17)/t10-,11+,14+/m0/s1. The summed E-state index contributed by atoms with van der Waals surface area (Å²) in [7, 11) is 0. The van der Waals surface area contributed by atoms with Crippen LogP contribution in [-0.4, -0.2) is 38.1 Å². The summed E-state index contributed by atoms with van der Waals surface area (Å²) >= 11 is 0. The van der Waals surface area contributed by atoms with Gasteiger partial charge in [0.15, 0.2) is 11.4 Å². The van der Waals surface area contributed by atoms with Crippen molar-refractivity contribution in [2.24, 2.45) is 0 Å². The maximum absolute atomic E-state index is 14.0. The zero-order chi connectivity index (χ0) is 15.2. The molecule has 7 heteroatoms. The fourth-order valence-corrected chi connectivity index (χ4v) is 2.61. The number of nitrogen functional groups attached to an aromatic ring is 1. The van der Waals surface area contributed by atoms with Crippen molar-refractivity contribution >= 4 is 16.7 Å². The predicted molar refractivity (Wildman–Crippen MR) is 73.5 cm³/mol. The first-order valence-electron chi connectivity index (χ1n) is 6.37. The fraction of sp³-hybridized carbons (Fsp3) is 0.357. The van der Waals surface area contributed by atoms with E-state index in [-0.39, 0.29) is 17.5 Å². The van der Waals surface area contributed by atoms with Gasteiger partial charge in [-0.3, -0.25) is 0 Å². The minimum atomic E-state index is -1.49. The summed E-state index contributed by atoms with van der Waals surface area (Å²) in [6.07, 6.45) is 6.33. The number of fused-ring (bicyclic) bond motifs is 1. The van der Waals surface area contributed by atoms with Crippen LogP contribution in [0.4, 0.5) is 10.1 Å². The molecule has 2 aromatic rings. The first-order chi connectivity index (χ1) is 10.0. The van der Waals surface area contributed by atoms with Crippen molar-refractivity contribution in [2.75, 3.05) is 12.3 Å². The summed E-state index contributed by atoms with van der Waals surface area (Å²) in [5.74, 6) is 1.74. The number of terminal acetylenes is 1. The van der Waals surface area contributed by atoms with Crippen molar-refractivity contribution < 1.29 is 19.3 Å². The van der Waals surface area contributed by atoms with Gasteiger partial charge in [-0.05, 0) is 6.07 Å². The molecule has 0 radical (unpaired) electrons. The monoisotopic (exact) mass is 291 g/mol. The topological polar surface area (TPSA) is 93.5 Å². The summed E-state index contributed by atoms with van der Waals surface area (Å²) in [5, 5.41) is 19.6. The zero-order valence-corrected chi connectivity index (χ0v) is 11.0. The third-order valence-corrected chi connectivity index (χ3v) is 3.80. The Kier molecular flexibility index (Phi) is 3.10. The average Bonchev–Trinajstić information content (AvgIpc) is 2.98. The molecule has 0 aromatic carbocycles. The number of nitrogens with two attached hydrogens (primary N) is 1. The van der Waals surface area contributed by atoms with Gasteiger partial charge in [0.25, 0.3) is 0 Å². The largest absolute Gasteiger partial charge is 0.398 e. The average molecular weight is 291 g/mol. The number of ether oxygens (including phenoxy) is 1. The van der Waals surface area contributed by atoms with Crippen LogP contribution in [-0.2, 0) is 4.74 Å². The van der Waals surface area contributed by atoms with Crippen LogP contribution in [0.15, 0.2) is 18.5 Å². The minimum absolute atomic E-state index is 0.116. The van der Waals surface area contributed by atoms with Gasteiger partial charge in [-0.1, -0.05) is 5.92 Å². The van der Waals surface area contributed by atoms with Crippen LogP contribution in [0.1, 0.15) is 12.6 Å². The molecule has 0 amide bonds. The number of aliphatic hydroxyl groups excluding tert-OH is 2. The Hall–Kier alpha value is -2.14. The van der Waals surface area contributed by atoms with E-state index in [1.807, 2.05) is 0 Å². The Labute approximate surface area is 120 Å². The zero-order valence-electron chi connectivity index (χ0n) is 11.0. The first kappa shape index (κ1) is 13.8. The van der Waals surface area contributed by atoms with Crippen LogP contribution in [0.5, 0.6) is 0 Å². The van der Waals surface area contributed by atoms with Crippen molar-refractivity contribution in [1.82, 2.24) is 9.55 Å². The van der Waals surface area contributed by atoms with Crippen molar-refractivity contribution in [2.45, 2.75) is 24.4 Å². The highest BCUT2D eigenvalue weighted by Gasteiger charge is 2.47. The van der Waals surface area contributed by atoms with Crippen molar-refractivity contribution in [3.05, 3.63) is 24.3 Å². The molecule has 1 saturated heterocycles. The van der Waals surface area contributed by atoms with E-state index < -0.39 is 30.4 Å². The number of pyridine rings is 1. The Morgan fingerprint density at radius 2 is 2.43 bits per heavy atom. The molecule has 0 bridgehead atoms. The molecule has 21 heavy (non-hydrogen) atoms. The number of hydrogen-bond acceptors (Lipinski definition) is 5. The maximum Gasteiger partial charge on any atom is 0.179 e. The SMILES string of the molecule is C#C[C@]1(CO)O[C@@H](n2cc(F)c3c(N)ccnc32)C[C@@H]1O. The lowest BCUT2D eigenvalue weighted by atomic mass is 9.99. The van der Waals surface area contributed by atoms with E-state index >= 15 is 0 Å². The number of hydrogen-bond donors (Lipinski definition) is 3. The summed E-state index contributed by atoms with van der Waals surface area (Å²) in [6, 6.07) is 1.50. The lowest BCUT2D eigenvalue weighted by Crippen LogP contribution is -2.41. The van der Waals surface area contributed by atoms with Gasteiger partial charge in [0.05, 0.1) is 12.0 Å². The van der Waals surface area contributed by atoms with Gasteiger partial charge < -0.3 is 25.3 Å². The van der Waals surface area contributed by atoms with Gasteiger partial charge in [-0.25, -0.2) is 9.37 Å². The number of rotatable bonds is 2. The summed E-state index contributed by atoms with van der Waals surface area (Å²) in [4.78, 5) is 4.10. The number of anilines is 1. The molecule has 0 spiro atoms. The Morgan fingerprint density at radius 1 is 1.67 bits per heavy atom. The predicted octanol–water partition coefficient (Wildman–Crippen LogP) is 0.402. The van der Waals surface area contributed by atoms with Crippen LogP contribution in [0.3, 0.4) is 0 Å². The Balaban J connectivity index is 2.08. The van der Waals surface area contributed by atoms with Gasteiger partial charge in [0.1, 0.15) is 18.0 Å². The molecule has 0 aliphatic carbocycles. The molecule has 4 N–H and O–H groups in total. The van der Waals surface area contributed by atoms with Crippen LogP contribution >= 0.6 is 0 Å². The molecule has 110 valence electrons. The molecule has 1 aliphatic heterocycles. The molecule has 1 fully saturated rings. The quantitative estimate of drug-likeness (QED) is 0.696. The summed E-state index contributed by atoms with van der Waals surface area (Å²) in [5.41, 5.74) is 4.82. The fourth-order valence-electron chi connectivity index (χ4n) is 2.61. The van der Waals surface area contributed by atoms with E-state index in [0.29, 0.717) is 5.65 Å². The Bertz CT molecular complexity index is 739. The molecule has 2 aromatic heterocycles. The normalized spacial score (nSPS) is 28.9. The second kappa shape index (κ2) is 4.70. The highest BCUT2D eigenvalue weighted by molar-refractivity contribution is 5.89. The van der Waals surface area contributed by atoms with E-state index in [2.05, 4.69) is 10.9 Å². The molecule has 0 unspecified atom stereocenters. The molecule has 3 heterocycles. The van der Waals surface area contributed by atoms with Gasteiger partial charge in [-0.15, -0.1) is 6.42 Å². The van der Waals surface area contributed by atoms with E-state index in [4.69, 9.17) is 16.9 Å². The number of aromatic nitrogens is 2. The van der Waals surface area contributed by atoms with Gasteiger partial charge in [-0.2, -0.15) is 0 Å². The molecule has 3 atom stereocenters. The molecule has 0 saturated carbocycles. The van der Waals surface area contributed by atoms with Crippen LogP contribution in [0.2, 0.25) is 0 Å². The second-order valence-corrected chi connectivity index (χ2v) is 5.00. The van der Waals surface area contributed by atoms with Crippen molar-refractivity contribution in [1.29, 1.82) is 0 Å². The van der Waals surface area contributed by atoms with E-state index in [1.165, 1.54) is 23.0 Å². The van der Waals surface area contributed by atoms with Crippen LogP contribution in [0.25, 0.3) is 11.0 Å². The minimum Gasteiger partial charge on any atom is -0.398 e. The Morgan fingerprint density at radius 3 is 3.05 bits per heavy atom. The van der Waals surface area contributed by atoms with Crippen LogP contribution in [0, 0.1) is 18.2 Å². The second-order valence-electron chi connectivity index (χ2n) is 5.00. The highest BCUT2D eigenvalue weighted by Crippen LogP contribution is 2.38. The maximum atomic E-state index is 14.0. The number of aliphatic hydroxyl groups is 2. The first-order valence-corrected chi connectivity index (χ1v) is 6.37. The van der Waals surface area contributed by atoms with Crippen LogP contribution < -0.4 is 5.73 Å². The number of nitrogens with zero attached hydrogens (tertiary/aromatic N) is 2. The number of halogens is 1. The van der Waals surface area contributed by atoms with Gasteiger partial charge >= 0.3 is 0 Å². The molecular formula is C14H14FN3O3. The van der Waals surface area contributed by atoms with Gasteiger partial charge in [0.2, 0.25) is 0 Å².